The Bertz CT molecular complexity index is 489. The van der Waals surface area contributed by atoms with Gasteiger partial charge in [-0.05, 0) is 26.0 Å². The number of likely N-dealkylation sites (N-methyl/N-ethyl adjacent to an activating group) is 1. The van der Waals surface area contributed by atoms with Gasteiger partial charge in [-0.25, -0.2) is 4.99 Å². The summed E-state index contributed by atoms with van der Waals surface area (Å²) in [5.41, 5.74) is 1.21. The maximum atomic E-state index is 11.5. The zero-order valence-electron chi connectivity index (χ0n) is 14.3. The summed E-state index contributed by atoms with van der Waals surface area (Å²) < 4.78 is 5.63. The first-order chi connectivity index (χ1) is 10.5. The van der Waals surface area contributed by atoms with Crippen LogP contribution in [0.2, 0.25) is 0 Å². The molecule has 2 N–H and O–H groups in total. The summed E-state index contributed by atoms with van der Waals surface area (Å²) in [6.45, 7) is 6.01. The summed E-state index contributed by atoms with van der Waals surface area (Å²) in [7, 11) is 3.43. The van der Waals surface area contributed by atoms with E-state index in [0.717, 1.165) is 12.3 Å². The van der Waals surface area contributed by atoms with Gasteiger partial charge >= 0.3 is 0 Å². The first kappa shape index (κ1) is 21.5. The summed E-state index contributed by atoms with van der Waals surface area (Å²) in [6, 6.07) is 7.93. The summed E-state index contributed by atoms with van der Waals surface area (Å²) in [5.74, 6) is 1.43. The van der Waals surface area contributed by atoms with Crippen LogP contribution in [0.15, 0.2) is 29.3 Å². The fourth-order valence-electron chi connectivity index (χ4n) is 1.60. The number of halogens is 1. The number of guanidine groups is 1. The molecule has 23 heavy (non-hydrogen) atoms. The molecule has 0 aliphatic heterocycles. The molecule has 0 aliphatic rings. The summed E-state index contributed by atoms with van der Waals surface area (Å²) >= 11 is 0. The van der Waals surface area contributed by atoms with Gasteiger partial charge in [0.25, 0.3) is 0 Å². The standard InChI is InChI=1S/C16H26N4O2.HI/c1-5-17-16(19-12-15(21)20(3)4)18-10-11-22-14-8-6-13(2)7-9-14;/h6-9H,5,10-12H2,1-4H3,(H2,17,18,19);1H. The molecular formula is C16H27IN4O2. The van der Waals surface area contributed by atoms with E-state index in [1.807, 2.05) is 38.1 Å². The van der Waals surface area contributed by atoms with Gasteiger partial charge in [0.1, 0.15) is 18.9 Å². The number of aryl methyl sites for hydroxylation is 1. The quantitative estimate of drug-likeness (QED) is 0.297. The zero-order valence-corrected chi connectivity index (χ0v) is 16.6. The molecule has 0 fully saturated rings. The molecule has 0 radical (unpaired) electrons. The summed E-state index contributed by atoms with van der Waals surface area (Å²) in [4.78, 5) is 17.3. The monoisotopic (exact) mass is 434 g/mol. The first-order valence-electron chi connectivity index (χ1n) is 7.44. The van der Waals surface area contributed by atoms with Gasteiger partial charge in [-0.2, -0.15) is 0 Å². The molecule has 6 nitrogen and oxygen atoms in total. The lowest BCUT2D eigenvalue weighted by Crippen LogP contribution is -2.40. The second kappa shape index (κ2) is 12.0. The van der Waals surface area contributed by atoms with E-state index in [2.05, 4.69) is 15.6 Å². The second-order valence-electron chi connectivity index (χ2n) is 5.07. The number of nitrogens with one attached hydrogen (secondary N) is 2. The Morgan fingerprint density at radius 3 is 2.43 bits per heavy atom. The molecule has 0 spiro atoms. The van der Waals surface area contributed by atoms with Gasteiger partial charge in [0.2, 0.25) is 5.91 Å². The van der Waals surface area contributed by atoms with Crippen LogP contribution >= 0.6 is 24.0 Å². The lowest BCUT2D eigenvalue weighted by atomic mass is 10.2. The molecule has 1 amide bonds. The highest BCUT2D eigenvalue weighted by Gasteiger charge is 2.03. The van der Waals surface area contributed by atoms with Crippen LogP contribution in [-0.4, -0.2) is 57.1 Å². The molecule has 1 aromatic rings. The van der Waals surface area contributed by atoms with Crippen LogP contribution in [0, 0.1) is 6.92 Å². The third kappa shape index (κ3) is 9.27. The Labute approximate surface area is 155 Å². The van der Waals surface area contributed by atoms with E-state index in [9.17, 15) is 4.79 Å². The molecule has 0 saturated carbocycles. The summed E-state index contributed by atoms with van der Waals surface area (Å²) in [5, 5.41) is 6.24. The molecule has 0 atom stereocenters. The van der Waals surface area contributed by atoms with Crippen molar-refractivity contribution >= 4 is 35.8 Å². The third-order valence-electron chi connectivity index (χ3n) is 2.90. The molecule has 0 aromatic heterocycles. The van der Waals surface area contributed by atoms with Gasteiger partial charge in [0.15, 0.2) is 5.96 Å². The van der Waals surface area contributed by atoms with E-state index in [-0.39, 0.29) is 36.4 Å². The number of carbonyl (C=O) groups excluding carboxylic acids is 1. The third-order valence-corrected chi connectivity index (χ3v) is 2.90. The van der Waals surface area contributed by atoms with E-state index >= 15 is 0 Å². The number of ether oxygens (including phenoxy) is 1. The number of benzene rings is 1. The van der Waals surface area contributed by atoms with Crippen molar-refractivity contribution in [3.63, 3.8) is 0 Å². The first-order valence-corrected chi connectivity index (χ1v) is 7.44. The van der Waals surface area contributed by atoms with Crippen LogP contribution in [0.5, 0.6) is 5.75 Å². The molecule has 0 aliphatic carbocycles. The predicted octanol–water partition coefficient (Wildman–Crippen LogP) is 1.64. The minimum absolute atomic E-state index is 0. The van der Waals surface area contributed by atoms with Gasteiger partial charge in [0, 0.05) is 20.6 Å². The van der Waals surface area contributed by atoms with Crippen LogP contribution in [-0.2, 0) is 4.79 Å². The van der Waals surface area contributed by atoms with Crippen molar-refractivity contribution in [2.24, 2.45) is 4.99 Å². The number of hydrogen-bond donors (Lipinski definition) is 2. The van der Waals surface area contributed by atoms with Gasteiger partial charge in [0.05, 0.1) is 6.54 Å². The molecule has 1 aromatic carbocycles. The lowest BCUT2D eigenvalue weighted by molar-refractivity contribution is -0.127. The normalized spacial score (nSPS) is 10.5. The van der Waals surface area contributed by atoms with E-state index < -0.39 is 0 Å². The maximum absolute atomic E-state index is 11.5. The Kier molecular flexibility index (Phi) is 11.2. The highest BCUT2D eigenvalue weighted by Crippen LogP contribution is 2.10. The fraction of sp³-hybridized carbons (Fsp3) is 0.500. The smallest absolute Gasteiger partial charge is 0.243 e. The van der Waals surface area contributed by atoms with Crippen LogP contribution in [0.1, 0.15) is 12.5 Å². The topological polar surface area (TPSA) is 66.0 Å². The Morgan fingerprint density at radius 2 is 1.87 bits per heavy atom. The lowest BCUT2D eigenvalue weighted by Gasteiger charge is -2.13. The van der Waals surface area contributed by atoms with Gasteiger partial charge in [-0.1, -0.05) is 17.7 Å². The number of hydrogen-bond acceptors (Lipinski definition) is 3. The fourth-order valence-corrected chi connectivity index (χ4v) is 1.60. The van der Waals surface area contributed by atoms with Crippen LogP contribution < -0.4 is 15.4 Å². The molecule has 0 heterocycles. The van der Waals surface area contributed by atoms with E-state index in [1.54, 1.807) is 14.1 Å². The average Bonchev–Trinajstić information content (AvgIpc) is 2.50. The van der Waals surface area contributed by atoms with E-state index in [0.29, 0.717) is 19.1 Å². The van der Waals surface area contributed by atoms with Crippen molar-refractivity contribution < 1.29 is 9.53 Å². The van der Waals surface area contributed by atoms with Crippen LogP contribution in [0.25, 0.3) is 0 Å². The van der Waals surface area contributed by atoms with Crippen molar-refractivity contribution in [3.05, 3.63) is 29.8 Å². The highest BCUT2D eigenvalue weighted by atomic mass is 127. The molecular weight excluding hydrogens is 407 g/mol. The Hall–Kier alpha value is -1.51. The minimum atomic E-state index is -0.0342. The van der Waals surface area contributed by atoms with Crippen LogP contribution in [0.3, 0.4) is 0 Å². The van der Waals surface area contributed by atoms with Gasteiger partial charge < -0.3 is 20.3 Å². The van der Waals surface area contributed by atoms with E-state index in [4.69, 9.17) is 4.74 Å². The van der Waals surface area contributed by atoms with Crippen LogP contribution in [0.4, 0.5) is 0 Å². The highest BCUT2D eigenvalue weighted by molar-refractivity contribution is 14.0. The largest absolute Gasteiger partial charge is 0.492 e. The SMILES string of the molecule is CCNC(=NCC(=O)N(C)C)NCCOc1ccc(C)cc1.I. The molecule has 130 valence electrons. The molecule has 1 rings (SSSR count). The Balaban J connectivity index is 0.00000484. The summed E-state index contributed by atoms with van der Waals surface area (Å²) in [6.07, 6.45) is 0. The average molecular weight is 434 g/mol. The van der Waals surface area contributed by atoms with Gasteiger partial charge in [-0.3, -0.25) is 4.79 Å². The van der Waals surface area contributed by atoms with Crippen molar-refractivity contribution in [2.75, 3.05) is 40.3 Å². The number of aliphatic imine (C=N–C) groups is 1. The second-order valence-corrected chi connectivity index (χ2v) is 5.07. The number of carbonyl (C=O) groups is 1. The maximum Gasteiger partial charge on any atom is 0.243 e. The Morgan fingerprint density at radius 1 is 1.22 bits per heavy atom. The number of rotatable bonds is 7. The zero-order chi connectivity index (χ0) is 16.4. The molecule has 0 saturated heterocycles. The predicted molar refractivity (Wildman–Crippen MR) is 105 cm³/mol. The van der Waals surface area contributed by atoms with E-state index in [1.165, 1.54) is 10.5 Å². The van der Waals surface area contributed by atoms with Crippen molar-refractivity contribution in [1.29, 1.82) is 0 Å². The number of amides is 1. The molecule has 0 bridgehead atoms. The van der Waals surface area contributed by atoms with Crippen molar-refractivity contribution in [1.82, 2.24) is 15.5 Å². The van der Waals surface area contributed by atoms with Crippen molar-refractivity contribution in [2.45, 2.75) is 13.8 Å². The molecule has 0 unspecified atom stereocenters. The van der Waals surface area contributed by atoms with Gasteiger partial charge in [-0.15, -0.1) is 24.0 Å². The van der Waals surface area contributed by atoms with Crippen molar-refractivity contribution in [3.8, 4) is 5.75 Å². The minimum Gasteiger partial charge on any atom is -0.492 e. The molecule has 7 heteroatoms. The number of nitrogens with zero attached hydrogens (tertiary/aromatic N) is 2.